The average molecular weight is 316 g/mol. The SMILES string of the molecule is CCCN(C)c1nc(N)c(C(=O)NCCCOCCO)s1. The highest BCUT2D eigenvalue weighted by Crippen LogP contribution is 2.27. The van der Waals surface area contributed by atoms with E-state index in [-0.39, 0.29) is 18.3 Å². The number of rotatable bonds is 10. The summed E-state index contributed by atoms with van der Waals surface area (Å²) >= 11 is 1.30. The number of anilines is 2. The number of aliphatic hydroxyl groups excluding tert-OH is 1. The van der Waals surface area contributed by atoms with E-state index < -0.39 is 0 Å². The molecule has 0 aromatic carbocycles. The number of ether oxygens (including phenoxy) is 1. The first-order valence-corrected chi connectivity index (χ1v) is 7.86. The van der Waals surface area contributed by atoms with Crippen LogP contribution in [0.3, 0.4) is 0 Å². The quantitative estimate of drug-likeness (QED) is 0.549. The fourth-order valence-corrected chi connectivity index (χ4v) is 2.59. The lowest BCUT2D eigenvalue weighted by Crippen LogP contribution is -2.25. The van der Waals surface area contributed by atoms with Gasteiger partial charge in [-0.05, 0) is 12.8 Å². The van der Waals surface area contributed by atoms with Crippen molar-refractivity contribution in [2.45, 2.75) is 19.8 Å². The molecule has 0 saturated heterocycles. The first kappa shape index (κ1) is 17.7. The fraction of sp³-hybridized carbons (Fsp3) is 0.692. The molecule has 0 spiro atoms. The van der Waals surface area contributed by atoms with E-state index in [1.54, 1.807) is 0 Å². The highest BCUT2D eigenvalue weighted by atomic mass is 32.1. The van der Waals surface area contributed by atoms with Crippen LogP contribution >= 0.6 is 11.3 Å². The molecule has 0 bridgehead atoms. The Labute approximate surface area is 129 Å². The van der Waals surface area contributed by atoms with Crippen molar-refractivity contribution in [2.75, 3.05) is 50.6 Å². The number of hydrogen-bond donors (Lipinski definition) is 3. The van der Waals surface area contributed by atoms with Gasteiger partial charge in [0.05, 0.1) is 13.2 Å². The number of amides is 1. The first-order chi connectivity index (χ1) is 10.1. The van der Waals surface area contributed by atoms with E-state index in [9.17, 15) is 4.79 Å². The fourth-order valence-electron chi connectivity index (χ4n) is 1.70. The van der Waals surface area contributed by atoms with Crippen molar-refractivity contribution in [3.63, 3.8) is 0 Å². The van der Waals surface area contributed by atoms with E-state index in [1.807, 2.05) is 11.9 Å². The van der Waals surface area contributed by atoms with Crippen LogP contribution < -0.4 is 16.0 Å². The van der Waals surface area contributed by atoms with Crippen LogP contribution in [0.25, 0.3) is 0 Å². The third-order valence-corrected chi connectivity index (χ3v) is 3.90. The van der Waals surface area contributed by atoms with Crippen LogP contribution in [0.4, 0.5) is 10.9 Å². The molecule has 0 unspecified atom stereocenters. The standard InChI is InChI=1S/C13H24N4O3S/c1-3-6-17(2)13-16-11(14)10(21-13)12(19)15-5-4-8-20-9-7-18/h18H,3-9,14H2,1-2H3,(H,15,19). The normalized spacial score (nSPS) is 10.6. The van der Waals surface area contributed by atoms with Crippen molar-refractivity contribution >= 4 is 28.2 Å². The number of aliphatic hydroxyl groups is 1. The van der Waals surface area contributed by atoms with E-state index >= 15 is 0 Å². The van der Waals surface area contributed by atoms with Crippen molar-refractivity contribution in [1.29, 1.82) is 0 Å². The Morgan fingerprint density at radius 3 is 2.95 bits per heavy atom. The van der Waals surface area contributed by atoms with Gasteiger partial charge in [-0.15, -0.1) is 0 Å². The number of nitrogens with one attached hydrogen (secondary N) is 1. The molecule has 4 N–H and O–H groups in total. The van der Waals surface area contributed by atoms with Gasteiger partial charge in [-0.2, -0.15) is 0 Å². The summed E-state index contributed by atoms with van der Waals surface area (Å²) < 4.78 is 5.11. The molecule has 1 rings (SSSR count). The van der Waals surface area contributed by atoms with E-state index in [4.69, 9.17) is 15.6 Å². The summed E-state index contributed by atoms with van der Waals surface area (Å²) in [5, 5.41) is 12.1. The molecule has 1 aromatic rings. The number of carbonyl (C=O) groups excluding carboxylic acids is 1. The van der Waals surface area contributed by atoms with Crippen LogP contribution in [0.15, 0.2) is 0 Å². The monoisotopic (exact) mass is 316 g/mol. The molecule has 0 saturated carbocycles. The topological polar surface area (TPSA) is 101 Å². The maximum atomic E-state index is 12.0. The van der Waals surface area contributed by atoms with Crippen LogP contribution in [0.5, 0.6) is 0 Å². The summed E-state index contributed by atoms with van der Waals surface area (Å²) in [6.07, 6.45) is 1.69. The molecule has 1 aromatic heterocycles. The molecule has 0 fully saturated rings. The van der Waals surface area contributed by atoms with Gasteiger partial charge in [0.15, 0.2) is 5.13 Å². The van der Waals surface area contributed by atoms with Gasteiger partial charge in [0.2, 0.25) is 0 Å². The largest absolute Gasteiger partial charge is 0.394 e. The molecular formula is C13H24N4O3S. The molecule has 21 heavy (non-hydrogen) atoms. The number of aromatic nitrogens is 1. The van der Waals surface area contributed by atoms with Crippen molar-refractivity contribution in [1.82, 2.24) is 10.3 Å². The maximum Gasteiger partial charge on any atom is 0.265 e. The van der Waals surface area contributed by atoms with Crippen LogP contribution in [0.1, 0.15) is 29.4 Å². The molecule has 0 radical (unpaired) electrons. The average Bonchev–Trinajstić information content (AvgIpc) is 2.85. The lowest BCUT2D eigenvalue weighted by atomic mass is 10.4. The number of nitrogens with two attached hydrogens (primary N) is 1. The summed E-state index contributed by atoms with van der Waals surface area (Å²) in [5.41, 5.74) is 5.81. The van der Waals surface area contributed by atoms with E-state index in [1.165, 1.54) is 11.3 Å². The summed E-state index contributed by atoms with van der Waals surface area (Å²) in [6, 6.07) is 0. The van der Waals surface area contributed by atoms with Crippen LogP contribution in [-0.4, -0.2) is 56.0 Å². The van der Waals surface area contributed by atoms with Crippen molar-refractivity contribution in [3.05, 3.63) is 4.88 Å². The van der Waals surface area contributed by atoms with Crippen LogP contribution in [0, 0.1) is 0 Å². The Morgan fingerprint density at radius 1 is 1.52 bits per heavy atom. The highest BCUT2D eigenvalue weighted by molar-refractivity contribution is 7.18. The van der Waals surface area contributed by atoms with E-state index in [2.05, 4.69) is 17.2 Å². The molecule has 0 aliphatic carbocycles. The summed E-state index contributed by atoms with van der Waals surface area (Å²) in [4.78, 5) is 18.7. The Bertz CT molecular complexity index is 439. The third kappa shape index (κ3) is 5.86. The number of hydrogen-bond acceptors (Lipinski definition) is 7. The number of nitrogen functional groups attached to an aromatic ring is 1. The second-order valence-electron chi connectivity index (χ2n) is 4.58. The van der Waals surface area contributed by atoms with Gasteiger partial charge in [0.1, 0.15) is 10.7 Å². The molecule has 0 aliphatic heterocycles. The van der Waals surface area contributed by atoms with Gasteiger partial charge in [0.25, 0.3) is 5.91 Å². The predicted octanol–water partition coefficient (Wildman–Crippen LogP) is 0.700. The second-order valence-corrected chi connectivity index (χ2v) is 5.56. The minimum Gasteiger partial charge on any atom is -0.394 e. The maximum absolute atomic E-state index is 12.0. The van der Waals surface area contributed by atoms with Gasteiger partial charge in [-0.25, -0.2) is 4.98 Å². The van der Waals surface area contributed by atoms with Gasteiger partial charge in [-0.1, -0.05) is 18.3 Å². The predicted molar refractivity (Wildman–Crippen MR) is 84.9 cm³/mol. The summed E-state index contributed by atoms with van der Waals surface area (Å²) in [6.45, 7) is 4.29. The van der Waals surface area contributed by atoms with E-state index in [0.717, 1.165) is 18.1 Å². The first-order valence-electron chi connectivity index (χ1n) is 7.04. The number of carbonyl (C=O) groups is 1. The zero-order chi connectivity index (χ0) is 15.7. The van der Waals surface area contributed by atoms with Crippen molar-refractivity contribution in [3.8, 4) is 0 Å². The van der Waals surface area contributed by atoms with Crippen molar-refractivity contribution < 1.29 is 14.6 Å². The minimum atomic E-state index is -0.205. The van der Waals surface area contributed by atoms with Gasteiger partial charge < -0.3 is 25.8 Å². The Balaban J connectivity index is 2.43. The Morgan fingerprint density at radius 2 is 2.29 bits per heavy atom. The van der Waals surface area contributed by atoms with Gasteiger partial charge in [0, 0.05) is 26.7 Å². The zero-order valence-corrected chi connectivity index (χ0v) is 13.4. The molecule has 1 amide bonds. The lowest BCUT2D eigenvalue weighted by molar-refractivity contribution is 0.0869. The lowest BCUT2D eigenvalue weighted by Gasteiger charge is -2.13. The second kappa shape index (κ2) is 9.54. The number of thiazole rings is 1. The molecule has 7 nitrogen and oxygen atoms in total. The molecule has 1 heterocycles. The van der Waals surface area contributed by atoms with Gasteiger partial charge in [-0.3, -0.25) is 4.79 Å². The summed E-state index contributed by atoms with van der Waals surface area (Å²) in [7, 11) is 1.93. The van der Waals surface area contributed by atoms with Crippen LogP contribution in [0.2, 0.25) is 0 Å². The molecule has 0 atom stereocenters. The van der Waals surface area contributed by atoms with E-state index in [0.29, 0.717) is 31.1 Å². The minimum absolute atomic E-state index is 0.0117. The molecular weight excluding hydrogens is 292 g/mol. The van der Waals surface area contributed by atoms with Crippen molar-refractivity contribution in [2.24, 2.45) is 0 Å². The number of nitrogens with zero attached hydrogens (tertiary/aromatic N) is 2. The highest BCUT2D eigenvalue weighted by Gasteiger charge is 2.17. The molecule has 8 heteroatoms. The Kier molecular flexibility index (Phi) is 8.03. The Hall–Kier alpha value is -1.38. The zero-order valence-electron chi connectivity index (χ0n) is 12.6. The van der Waals surface area contributed by atoms with Crippen LogP contribution in [-0.2, 0) is 4.74 Å². The molecule has 120 valence electrons. The van der Waals surface area contributed by atoms with Gasteiger partial charge >= 0.3 is 0 Å². The third-order valence-electron chi connectivity index (χ3n) is 2.72. The smallest absolute Gasteiger partial charge is 0.265 e. The molecule has 0 aliphatic rings. The summed E-state index contributed by atoms with van der Waals surface area (Å²) in [5.74, 6) is 0.0651.